The van der Waals surface area contributed by atoms with Gasteiger partial charge in [-0.3, -0.25) is 9.59 Å². The molecule has 0 spiro atoms. The quantitative estimate of drug-likeness (QED) is 0.906. The van der Waals surface area contributed by atoms with E-state index >= 15 is 0 Å². The smallest absolute Gasteiger partial charge is 0.303 e. The Hall–Kier alpha value is -2.11. The van der Waals surface area contributed by atoms with E-state index in [0.717, 1.165) is 0 Å². The van der Waals surface area contributed by atoms with Crippen molar-refractivity contribution in [2.75, 3.05) is 13.1 Å². The molecular formula is C16H20FNO4. The highest BCUT2D eigenvalue weighted by molar-refractivity contribution is 5.81. The number of carboxylic acid groups (broad SMARTS) is 1. The van der Waals surface area contributed by atoms with Crippen LogP contribution in [0.1, 0.15) is 26.2 Å². The molecule has 0 aliphatic carbocycles. The molecule has 1 unspecified atom stereocenters. The predicted molar refractivity (Wildman–Crippen MR) is 78.0 cm³/mol. The van der Waals surface area contributed by atoms with Crippen molar-refractivity contribution in [2.45, 2.75) is 32.3 Å². The van der Waals surface area contributed by atoms with Gasteiger partial charge in [0, 0.05) is 19.5 Å². The molecule has 1 aromatic rings. The fourth-order valence-electron chi connectivity index (χ4n) is 2.63. The number of carbonyl (C=O) groups is 2. The van der Waals surface area contributed by atoms with Crippen LogP contribution in [0.4, 0.5) is 4.39 Å². The lowest BCUT2D eigenvalue weighted by Gasteiger charge is -2.33. The number of aliphatic carboxylic acids is 1. The summed E-state index contributed by atoms with van der Waals surface area (Å²) >= 11 is 0. The summed E-state index contributed by atoms with van der Waals surface area (Å²) in [5.41, 5.74) is 0. The van der Waals surface area contributed by atoms with Gasteiger partial charge in [0.15, 0.2) is 6.10 Å². The Bertz CT molecular complexity index is 523. The van der Waals surface area contributed by atoms with Gasteiger partial charge < -0.3 is 14.7 Å². The maximum Gasteiger partial charge on any atom is 0.303 e. The molecule has 0 saturated carbocycles. The average Bonchev–Trinajstić information content (AvgIpc) is 2.49. The topological polar surface area (TPSA) is 66.8 Å². The summed E-state index contributed by atoms with van der Waals surface area (Å²) in [5, 5.41) is 8.79. The Morgan fingerprint density at radius 1 is 1.32 bits per heavy atom. The van der Waals surface area contributed by atoms with Gasteiger partial charge in [-0.2, -0.15) is 0 Å². The van der Waals surface area contributed by atoms with Gasteiger partial charge >= 0.3 is 5.97 Å². The minimum absolute atomic E-state index is 0.127. The van der Waals surface area contributed by atoms with Crippen LogP contribution in [0.25, 0.3) is 0 Å². The number of halogens is 1. The number of hydrogen-bond donors (Lipinski definition) is 1. The van der Waals surface area contributed by atoms with Gasteiger partial charge in [-0.1, -0.05) is 0 Å². The lowest BCUT2D eigenvalue weighted by molar-refractivity contribution is -0.140. The van der Waals surface area contributed by atoms with E-state index in [1.165, 1.54) is 24.3 Å². The van der Waals surface area contributed by atoms with Gasteiger partial charge in [0.25, 0.3) is 5.91 Å². The summed E-state index contributed by atoms with van der Waals surface area (Å²) < 4.78 is 18.4. The SMILES string of the molecule is CC(Oc1ccc(F)cc1)C(=O)N1CCC(CC(=O)O)CC1. The number of piperidine rings is 1. The molecule has 1 aromatic carbocycles. The Morgan fingerprint density at radius 3 is 2.45 bits per heavy atom. The number of carboxylic acids is 1. The second-order valence-electron chi connectivity index (χ2n) is 5.58. The van der Waals surface area contributed by atoms with E-state index in [2.05, 4.69) is 0 Å². The third-order valence-electron chi connectivity index (χ3n) is 3.86. The fourth-order valence-corrected chi connectivity index (χ4v) is 2.63. The number of benzene rings is 1. The molecule has 22 heavy (non-hydrogen) atoms. The minimum atomic E-state index is -0.794. The Kier molecular flexibility index (Phi) is 5.35. The number of ether oxygens (including phenoxy) is 1. The summed E-state index contributed by atoms with van der Waals surface area (Å²) in [4.78, 5) is 24.7. The highest BCUT2D eigenvalue weighted by Gasteiger charge is 2.27. The Balaban J connectivity index is 1.84. The Morgan fingerprint density at radius 2 is 1.91 bits per heavy atom. The summed E-state index contributed by atoms with van der Waals surface area (Å²) in [6.45, 7) is 2.76. The summed E-state index contributed by atoms with van der Waals surface area (Å²) in [6, 6.07) is 5.53. The zero-order valence-electron chi connectivity index (χ0n) is 12.5. The van der Waals surface area contributed by atoms with Crippen molar-refractivity contribution in [3.63, 3.8) is 0 Å². The van der Waals surface area contributed by atoms with Crippen LogP contribution in [0, 0.1) is 11.7 Å². The second-order valence-corrected chi connectivity index (χ2v) is 5.58. The van der Waals surface area contributed by atoms with Crippen molar-refractivity contribution < 1.29 is 23.8 Å². The molecule has 1 heterocycles. The standard InChI is InChI=1S/C16H20FNO4/c1-11(22-14-4-2-13(17)3-5-14)16(21)18-8-6-12(7-9-18)10-15(19)20/h2-5,11-12H,6-10H2,1H3,(H,19,20). The van der Waals surface area contributed by atoms with E-state index in [1.54, 1.807) is 11.8 Å². The maximum atomic E-state index is 12.8. The number of rotatable bonds is 5. The molecule has 0 aromatic heterocycles. The van der Waals surface area contributed by atoms with E-state index in [0.29, 0.717) is 31.7 Å². The third-order valence-corrected chi connectivity index (χ3v) is 3.86. The van der Waals surface area contributed by atoms with Crippen molar-refractivity contribution >= 4 is 11.9 Å². The molecule has 1 amide bonds. The van der Waals surface area contributed by atoms with Gasteiger partial charge in [0.1, 0.15) is 11.6 Å². The molecule has 1 aliphatic heterocycles. The average molecular weight is 309 g/mol. The Labute approximate surface area is 128 Å². The first-order valence-corrected chi connectivity index (χ1v) is 7.38. The molecule has 0 bridgehead atoms. The van der Waals surface area contributed by atoms with Crippen molar-refractivity contribution in [1.82, 2.24) is 4.90 Å². The lowest BCUT2D eigenvalue weighted by Crippen LogP contribution is -2.45. The number of nitrogens with zero attached hydrogens (tertiary/aromatic N) is 1. The fraction of sp³-hybridized carbons (Fsp3) is 0.500. The normalized spacial score (nSPS) is 17.1. The highest BCUT2D eigenvalue weighted by Crippen LogP contribution is 2.22. The van der Waals surface area contributed by atoms with E-state index in [-0.39, 0.29) is 24.1 Å². The molecular weight excluding hydrogens is 289 g/mol. The van der Waals surface area contributed by atoms with Crippen molar-refractivity contribution in [1.29, 1.82) is 0 Å². The predicted octanol–water partition coefficient (Wildman–Crippen LogP) is 2.31. The van der Waals surface area contributed by atoms with Crippen LogP contribution in [0.15, 0.2) is 24.3 Å². The highest BCUT2D eigenvalue weighted by atomic mass is 19.1. The van der Waals surface area contributed by atoms with Gasteiger partial charge in [-0.25, -0.2) is 4.39 Å². The number of amides is 1. The van der Waals surface area contributed by atoms with E-state index in [4.69, 9.17) is 9.84 Å². The van der Waals surface area contributed by atoms with Crippen LogP contribution in [-0.4, -0.2) is 41.1 Å². The first-order chi connectivity index (χ1) is 10.5. The van der Waals surface area contributed by atoms with Crippen LogP contribution in [0.2, 0.25) is 0 Å². The number of likely N-dealkylation sites (tertiary alicyclic amines) is 1. The van der Waals surface area contributed by atoms with E-state index < -0.39 is 12.1 Å². The van der Waals surface area contributed by atoms with Crippen LogP contribution < -0.4 is 4.74 Å². The number of carbonyl (C=O) groups excluding carboxylic acids is 1. The van der Waals surface area contributed by atoms with Gasteiger partial charge in [0.2, 0.25) is 0 Å². The van der Waals surface area contributed by atoms with Crippen LogP contribution in [0.3, 0.4) is 0 Å². The van der Waals surface area contributed by atoms with Crippen LogP contribution in [-0.2, 0) is 9.59 Å². The molecule has 1 saturated heterocycles. The largest absolute Gasteiger partial charge is 0.481 e. The molecule has 1 atom stereocenters. The zero-order valence-corrected chi connectivity index (χ0v) is 12.5. The molecule has 2 rings (SSSR count). The molecule has 1 fully saturated rings. The van der Waals surface area contributed by atoms with Gasteiger partial charge in [-0.15, -0.1) is 0 Å². The van der Waals surface area contributed by atoms with E-state index in [1.807, 2.05) is 0 Å². The third kappa shape index (κ3) is 4.44. The lowest BCUT2D eigenvalue weighted by atomic mass is 9.93. The van der Waals surface area contributed by atoms with Crippen LogP contribution >= 0.6 is 0 Å². The molecule has 5 nitrogen and oxygen atoms in total. The maximum absolute atomic E-state index is 12.8. The molecule has 120 valence electrons. The summed E-state index contributed by atoms with van der Waals surface area (Å²) in [5.74, 6) is -0.694. The van der Waals surface area contributed by atoms with Gasteiger partial charge in [0.05, 0.1) is 0 Å². The zero-order chi connectivity index (χ0) is 16.1. The van der Waals surface area contributed by atoms with Crippen molar-refractivity contribution in [3.8, 4) is 5.75 Å². The number of hydrogen-bond acceptors (Lipinski definition) is 3. The first-order valence-electron chi connectivity index (χ1n) is 7.38. The van der Waals surface area contributed by atoms with Crippen LogP contribution in [0.5, 0.6) is 5.75 Å². The molecule has 0 radical (unpaired) electrons. The molecule has 1 aliphatic rings. The monoisotopic (exact) mass is 309 g/mol. The van der Waals surface area contributed by atoms with Gasteiger partial charge in [-0.05, 0) is 49.9 Å². The van der Waals surface area contributed by atoms with Crippen molar-refractivity contribution in [2.24, 2.45) is 5.92 Å². The molecule has 1 N–H and O–H groups in total. The summed E-state index contributed by atoms with van der Waals surface area (Å²) in [6.07, 6.45) is 0.896. The second kappa shape index (κ2) is 7.24. The first kappa shape index (κ1) is 16.3. The van der Waals surface area contributed by atoms with Crippen molar-refractivity contribution in [3.05, 3.63) is 30.1 Å². The molecule has 6 heteroatoms. The van der Waals surface area contributed by atoms with E-state index in [9.17, 15) is 14.0 Å². The summed E-state index contributed by atoms with van der Waals surface area (Å²) in [7, 11) is 0. The minimum Gasteiger partial charge on any atom is -0.481 e.